The molecule has 0 aromatic rings. The molecule has 0 bridgehead atoms. The van der Waals surface area contributed by atoms with Gasteiger partial charge in [0.25, 0.3) is 0 Å². The highest BCUT2D eigenvalue weighted by molar-refractivity contribution is 4.99. The van der Waals surface area contributed by atoms with E-state index in [2.05, 4.69) is 11.9 Å². The van der Waals surface area contributed by atoms with Crippen molar-refractivity contribution in [2.45, 2.75) is 24.5 Å². The number of rotatable bonds is 0. The minimum atomic E-state index is -0.229. The van der Waals surface area contributed by atoms with E-state index < -0.39 is 0 Å². The van der Waals surface area contributed by atoms with Crippen LogP contribution in [-0.4, -0.2) is 48.5 Å². The molecule has 2 fully saturated rings. The van der Waals surface area contributed by atoms with E-state index in [-0.39, 0.29) is 11.7 Å². The first-order chi connectivity index (χ1) is 5.23. The molecule has 1 N–H and O–H groups in total. The summed E-state index contributed by atoms with van der Waals surface area (Å²) in [5, 5.41) is 9.65. The number of likely N-dealkylation sites (tertiary alicyclic amines) is 1. The molecular formula is C8H15NO2. The van der Waals surface area contributed by atoms with Gasteiger partial charge in [0, 0.05) is 13.1 Å². The predicted octanol–water partition coefficient (Wildman–Crippen LogP) is -0.158. The first-order valence-corrected chi connectivity index (χ1v) is 4.23. The predicted molar refractivity (Wildman–Crippen MR) is 41.4 cm³/mol. The molecule has 2 saturated heterocycles. The Kier molecular flexibility index (Phi) is 1.67. The van der Waals surface area contributed by atoms with Gasteiger partial charge in [-0.2, -0.15) is 0 Å². The van der Waals surface area contributed by atoms with Crippen molar-refractivity contribution in [1.82, 2.24) is 4.90 Å². The number of nitrogens with zero attached hydrogens (tertiary/aromatic N) is 1. The molecule has 2 atom stereocenters. The van der Waals surface area contributed by atoms with Gasteiger partial charge >= 0.3 is 0 Å². The van der Waals surface area contributed by atoms with Crippen molar-refractivity contribution in [2.75, 3.05) is 26.7 Å². The first kappa shape index (κ1) is 7.53. The third kappa shape index (κ3) is 1.08. The van der Waals surface area contributed by atoms with Crippen molar-refractivity contribution in [1.29, 1.82) is 0 Å². The van der Waals surface area contributed by atoms with Crippen molar-refractivity contribution < 1.29 is 9.84 Å². The maximum atomic E-state index is 9.65. The summed E-state index contributed by atoms with van der Waals surface area (Å²) in [5.41, 5.74) is -0.200. The molecule has 11 heavy (non-hydrogen) atoms. The molecule has 64 valence electrons. The Morgan fingerprint density at radius 1 is 1.64 bits per heavy atom. The van der Waals surface area contributed by atoms with Crippen LogP contribution >= 0.6 is 0 Å². The number of aliphatic hydroxyl groups excluding tert-OH is 1. The quantitative estimate of drug-likeness (QED) is 0.530. The lowest BCUT2D eigenvalue weighted by Gasteiger charge is -2.25. The van der Waals surface area contributed by atoms with Gasteiger partial charge in [-0.1, -0.05) is 0 Å². The minimum Gasteiger partial charge on any atom is -0.390 e. The van der Waals surface area contributed by atoms with Crippen molar-refractivity contribution in [2.24, 2.45) is 0 Å². The van der Waals surface area contributed by atoms with Crippen LogP contribution in [0.2, 0.25) is 0 Å². The summed E-state index contributed by atoms with van der Waals surface area (Å²) >= 11 is 0. The van der Waals surface area contributed by atoms with Gasteiger partial charge in [-0.05, 0) is 19.9 Å². The van der Waals surface area contributed by atoms with Crippen molar-refractivity contribution in [3.8, 4) is 0 Å². The fourth-order valence-electron chi connectivity index (χ4n) is 2.12. The molecule has 0 aliphatic carbocycles. The third-order valence-corrected chi connectivity index (χ3v) is 2.84. The van der Waals surface area contributed by atoms with E-state index in [4.69, 9.17) is 4.74 Å². The third-order valence-electron chi connectivity index (χ3n) is 2.84. The number of aliphatic hydroxyl groups is 1. The zero-order valence-electron chi connectivity index (χ0n) is 6.92. The van der Waals surface area contributed by atoms with Gasteiger partial charge < -0.3 is 14.7 Å². The molecule has 1 spiro atoms. The highest BCUT2D eigenvalue weighted by Crippen LogP contribution is 2.34. The number of ether oxygens (including phenoxy) is 1. The second kappa shape index (κ2) is 2.44. The number of likely N-dealkylation sites (N-methyl/N-ethyl adjacent to an activating group) is 1. The van der Waals surface area contributed by atoms with Gasteiger partial charge in [-0.3, -0.25) is 0 Å². The number of hydrogen-bond acceptors (Lipinski definition) is 3. The Morgan fingerprint density at radius 3 is 2.91 bits per heavy atom. The van der Waals surface area contributed by atoms with Crippen LogP contribution in [-0.2, 0) is 4.74 Å². The molecule has 2 aliphatic rings. The smallest absolute Gasteiger partial charge is 0.108 e. The van der Waals surface area contributed by atoms with Crippen molar-refractivity contribution >= 4 is 0 Å². The van der Waals surface area contributed by atoms with Crippen molar-refractivity contribution in [3.63, 3.8) is 0 Å². The van der Waals surface area contributed by atoms with Gasteiger partial charge in [-0.15, -0.1) is 0 Å². The van der Waals surface area contributed by atoms with Crippen LogP contribution in [0.4, 0.5) is 0 Å². The lowest BCUT2D eigenvalue weighted by Crippen LogP contribution is -2.41. The maximum absolute atomic E-state index is 9.65. The van der Waals surface area contributed by atoms with Crippen LogP contribution in [0.25, 0.3) is 0 Å². The van der Waals surface area contributed by atoms with Gasteiger partial charge in [0.15, 0.2) is 0 Å². The molecule has 3 heteroatoms. The molecule has 0 unspecified atom stereocenters. The highest BCUT2D eigenvalue weighted by atomic mass is 16.5. The molecule has 0 aromatic carbocycles. The van der Waals surface area contributed by atoms with Gasteiger partial charge in [-0.25, -0.2) is 0 Å². The molecule has 2 aliphatic heterocycles. The molecular weight excluding hydrogens is 142 g/mol. The molecule has 2 rings (SSSR count). The maximum Gasteiger partial charge on any atom is 0.108 e. The Labute approximate surface area is 66.9 Å². The Morgan fingerprint density at radius 2 is 2.45 bits per heavy atom. The largest absolute Gasteiger partial charge is 0.390 e. The fourth-order valence-corrected chi connectivity index (χ4v) is 2.12. The molecule has 2 heterocycles. The summed E-state index contributed by atoms with van der Waals surface area (Å²) in [4.78, 5) is 2.22. The monoisotopic (exact) mass is 157 g/mol. The summed E-state index contributed by atoms with van der Waals surface area (Å²) in [6.07, 6.45) is 1.57. The van der Waals surface area contributed by atoms with E-state index in [0.29, 0.717) is 0 Å². The van der Waals surface area contributed by atoms with Gasteiger partial charge in [0.2, 0.25) is 0 Å². The highest BCUT2D eigenvalue weighted by Gasteiger charge is 2.47. The van der Waals surface area contributed by atoms with Gasteiger partial charge in [0.1, 0.15) is 5.60 Å². The Hall–Kier alpha value is -0.120. The summed E-state index contributed by atoms with van der Waals surface area (Å²) < 4.78 is 5.59. The topological polar surface area (TPSA) is 32.7 Å². The van der Waals surface area contributed by atoms with Crippen LogP contribution in [0.15, 0.2) is 0 Å². The molecule has 0 saturated carbocycles. The average molecular weight is 157 g/mol. The van der Waals surface area contributed by atoms with E-state index in [1.807, 2.05) is 0 Å². The summed E-state index contributed by atoms with van der Waals surface area (Å²) in [6, 6.07) is 0. The van der Waals surface area contributed by atoms with Crippen LogP contribution in [0.1, 0.15) is 12.8 Å². The zero-order chi connectivity index (χ0) is 7.90. The molecule has 0 amide bonds. The van der Waals surface area contributed by atoms with E-state index in [9.17, 15) is 5.11 Å². The Balaban J connectivity index is 2.10. The fraction of sp³-hybridized carbons (Fsp3) is 1.00. The number of hydrogen-bond donors (Lipinski definition) is 1. The average Bonchev–Trinajstić information content (AvgIpc) is 2.46. The molecule has 0 aromatic heterocycles. The van der Waals surface area contributed by atoms with Crippen LogP contribution < -0.4 is 0 Å². The Bertz CT molecular complexity index is 162. The standard InChI is InChI=1S/C8H15NO2/c1-9-4-3-8(6-9)7(10)2-5-11-8/h7,10H,2-6H2,1H3/t7-,8-/m0/s1. The first-order valence-electron chi connectivity index (χ1n) is 4.23. The second-order valence-corrected chi connectivity index (χ2v) is 3.71. The summed E-state index contributed by atoms with van der Waals surface area (Å²) in [5.74, 6) is 0. The van der Waals surface area contributed by atoms with E-state index in [1.165, 1.54) is 0 Å². The van der Waals surface area contributed by atoms with Crippen LogP contribution in [0.3, 0.4) is 0 Å². The van der Waals surface area contributed by atoms with Crippen LogP contribution in [0.5, 0.6) is 0 Å². The lowest BCUT2D eigenvalue weighted by molar-refractivity contribution is -0.0475. The van der Waals surface area contributed by atoms with Crippen molar-refractivity contribution in [3.05, 3.63) is 0 Å². The van der Waals surface area contributed by atoms with E-state index >= 15 is 0 Å². The molecule has 0 radical (unpaired) electrons. The van der Waals surface area contributed by atoms with Gasteiger partial charge in [0.05, 0.1) is 12.7 Å². The normalized spacial score (nSPS) is 45.8. The zero-order valence-corrected chi connectivity index (χ0v) is 6.92. The lowest BCUT2D eigenvalue weighted by atomic mass is 9.96. The summed E-state index contributed by atoms with van der Waals surface area (Å²) in [7, 11) is 2.07. The summed E-state index contributed by atoms with van der Waals surface area (Å²) in [6.45, 7) is 2.68. The van der Waals surface area contributed by atoms with E-state index in [1.54, 1.807) is 0 Å². The van der Waals surface area contributed by atoms with E-state index in [0.717, 1.165) is 32.5 Å². The minimum absolute atomic E-state index is 0.200. The molecule has 3 nitrogen and oxygen atoms in total. The SMILES string of the molecule is CN1CC[C@@]2(C1)OCC[C@@H]2O. The second-order valence-electron chi connectivity index (χ2n) is 3.71. The van der Waals surface area contributed by atoms with Crippen LogP contribution in [0, 0.1) is 0 Å².